The number of halogens is 3. The maximum absolute atomic E-state index is 14.3. The number of hydrogen-bond acceptors (Lipinski definition) is 2. The van der Waals surface area contributed by atoms with E-state index in [1.807, 2.05) is 0 Å². The predicted molar refractivity (Wildman–Crippen MR) is 78.2 cm³/mol. The van der Waals surface area contributed by atoms with Gasteiger partial charge in [0, 0.05) is 23.7 Å². The average Bonchev–Trinajstić information content (AvgIpc) is 2.70. The summed E-state index contributed by atoms with van der Waals surface area (Å²) in [5.41, 5.74) is 0.104. The van der Waals surface area contributed by atoms with Crippen LogP contribution in [0.1, 0.15) is 31.2 Å². The first-order chi connectivity index (χ1) is 9.46. The highest BCUT2D eigenvalue weighted by Gasteiger charge is 2.29. The summed E-state index contributed by atoms with van der Waals surface area (Å²) in [5, 5.41) is 0.176. The third kappa shape index (κ3) is 3.27. The molecule has 2 rings (SSSR count). The summed E-state index contributed by atoms with van der Waals surface area (Å²) in [5.74, 6) is -0.914. The zero-order chi connectivity index (χ0) is 14.8. The van der Waals surface area contributed by atoms with Crippen LogP contribution >= 0.6 is 23.2 Å². The molecule has 3 nitrogen and oxygen atoms in total. The summed E-state index contributed by atoms with van der Waals surface area (Å²) in [4.78, 5) is -0.373. The summed E-state index contributed by atoms with van der Waals surface area (Å²) in [6, 6.07) is 2.51. The van der Waals surface area contributed by atoms with Gasteiger partial charge in [-0.2, -0.15) is 4.31 Å². The molecule has 1 fully saturated rings. The fraction of sp³-hybridized carbons (Fsp3) is 0.538. The van der Waals surface area contributed by atoms with Crippen molar-refractivity contribution in [1.82, 2.24) is 4.31 Å². The minimum Gasteiger partial charge on any atom is -0.207 e. The van der Waals surface area contributed by atoms with Gasteiger partial charge in [-0.25, -0.2) is 12.8 Å². The minimum absolute atomic E-state index is 0.104. The number of nitrogens with zero attached hydrogens (tertiary/aromatic N) is 1. The average molecular weight is 340 g/mol. The molecule has 0 bridgehead atoms. The van der Waals surface area contributed by atoms with Crippen LogP contribution in [0.3, 0.4) is 0 Å². The lowest BCUT2D eigenvalue weighted by Crippen LogP contribution is -2.32. The first-order valence-corrected chi connectivity index (χ1v) is 8.86. The Morgan fingerprint density at radius 3 is 2.30 bits per heavy atom. The van der Waals surface area contributed by atoms with E-state index in [2.05, 4.69) is 0 Å². The molecule has 0 saturated carbocycles. The molecule has 0 unspecified atom stereocenters. The van der Waals surface area contributed by atoms with Gasteiger partial charge in [0.05, 0.1) is 5.88 Å². The van der Waals surface area contributed by atoms with Crippen LogP contribution in [0.5, 0.6) is 0 Å². The third-order valence-electron chi connectivity index (χ3n) is 3.41. The molecule has 1 aromatic rings. The van der Waals surface area contributed by atoms with E-state index in [0.717, 1.165) is 31.7 Å². The fourth-order valence-corrected chi connectivity index (χ4v) is 4.47. The van der Waals surface area contributed by atoms with Gasteiger partial charge in [-0.3, -0.25) is 0 Å². The molecule has 0 amide bonds. The molecule has 0 aliphatic carbocycles. The van der Waals surface area contributed by atoms with Crippen molar-refractivity contribution in [3.8, 4) is 0 Å². The number of rotatable bonds is 3. The second-order valence-corrected chi connectivity index (χ2v) is 7.44. The lowest BCUT2D eigenvalue weighted by Gasteiger charge is -2.21. The highest BCUT2D eigenvalue weighted by molar-refractivity contribution is 7.89. The second-order valence-electron chi connectivity index (χ2n) is 4.83. The largest absolute Gasteiger partial charge is 0.246 e. The Morgan fingerprint density at radius 2 is 1.75 bits per heavy atom. The fourth-order valence-electron chi connectivity index (χ4n) is 2.32. The Hall–Kier alpha value is -0.360. The van der Waals surface area contributed by atoms with Crippen molar-refractivity contribution in [3.05, 3.63) is 28.5 Å². The molecule has 20 heavy (non-hydrogen) atoms. The Labute approximate surface area is 128 Å². The first kappa shape index (κ1) is 16.0. The van der Waals surface area contributed by atoms with Crippen molar-refractivity contribution in [2.24, 2.45) is 0 Å². The quantitative estimate of drug-likeness (QED) is 0.786. The van der Waals surface area contributed by atoms with Gasteiger partial charge >= 0.3 is 0 Å². The third-order valence-corrected chi connectivity index (χ3v) is 5.81. The summed E-state index contributed by atoms with van der Waals surface area (Å²) in [6.45, 7) is 0.842. The van der Waals surface area contributed by atoms with Crippen molar-refractivity contribution < 1.29 is 12.8 Å². The summed E-state index contributed by atoms with van der Waals surface area (Å²) < 4.78 is 40.7. The first-order valence-electron chi connectivity index (χ1n) is 6.51. The van der Waals surface area contributed by atoms with Gasteiger partial charge in [0.1, 0.15) is 10.7 Å². The molecular weight excluding hydrogens is 324 g/mol. The number of hydrogen-bond donors (Lipinski definition) is 0. The molecule has 1 aliphatic rings. The van der Waals surface area contributed by atoms with Gasteiger partial charge in [-0.05, 0) is 25.0 Å². The van der Waals surface area contributed by atoms with Gasteiger partial charge in [-0.15, -0.1) is 11.6 Å². The van der Waals surface area contributed by atoms with Gasteiger partial charge in [0.2, 0.25) is 10.0 Å². The predicted octanol–water partition coefficient (Wildman–Crippen LogP) is 3.78. The van der Waals surface area contributed by atoms with E-state index in [0.29, 0.717) is 13.1 Å². The molecule has 0 N–H and O–H groups in total. The molecule has 1 aliphatic heterocycles. The topological polar surface area (TPSA) is 37.4 Å². The lowest BCUT2D eigenvalue weighted by molar-refractivity contribution is 0.419. The molecule has 112 valence electrons. The summed E-state index contributed by atoms with van der Waals surface area (Å²) in [7, 11) is -3.86. The SMILES string of the molecule is O=S(=O)(c1cc(Cl)cc(CCl)c1F)N1CCCCCC1. The van der Waals surface area contributed by atoms with E-state index in [-0.39, 0.29) is 21.4 Å². The van der Waals surface area contributed by atoms with Crippen LogP contribution in [-0.2, 0) is 15.9 Å². The van der Waals surface area contributed by atoms with Crippen molar-refractivity contribution in [3.63, 3.8) is 0 Å². The molecule has 0 radical (unpaired) electrons. The van der Waals surface area contributed by atoms with Crippen LogP contribution in [-0.4, -0.2) is 25.8 Å². The van der Waals surface area contributed by atoms with Crippen LogP contribution in [0.2, 0.25) is 5.02 Å². The molecule has 1 aromatic carbocycles. The van der Waals surface area contributed by atoms with Gasteiger partial charge in [0.15, 0.2) is 0 Å². The molecule has 1 saturated heterocycles. The van der Waals surface area contributed by atoms with Crippen LogP contribution in [0, 0.1) is 5.82 Å². The van der Waals surface area contributed by atoms with Crippen LogP contribution < -0.4 is 0 Å². The summed E-state index contributed by atoms with van der Waals surface area (Å²) in [6.07, 6.45) is 3.58. The van der Waals surface area contributed by atoms with E-state index < -0.39 is 15.8 Å². The molecule has 1 heterocycles. The highest BCUT2D eigenvalue weighted by atomic mass is 35.5. The Bertz CT molecular complexity index is 584. The van der Waals surface area contributed by atoms with E-state index in [1.54, 1.807) is 0 Å². The van der Waals surface area contributed by atoms with E-state index in [1.165, 1.54) is 10.4 Å². The number of alkyl halides is 1. The molecule has 0 spiro atoms. The minimum atomic E-state index is -3.86. The van der Waals surface area contributed by atoms with E-state index in [9.17, 15) is 12.8 Å². The van der Waals surface area contributed by atoms with Crippen LogP contribution in [0.25, 0.3) is 0 Å². The van der Waals surface area contributed by atoms with Crippen molar-refractivity contribution in [2.45, 2.75) is 36.5 Å². The van der Waals surface area contributed by atoms with Gasteiger partial charge in [-0.1, -0.05) is 24.4 Å². The lowest BCUT2D eigenvalue weighted by atomic mass is 10.2. The Balaban J connectivity index is 2.45. The number of sulfonamides is 1. The van der Waals surface area contributed by atoms with Crippen LogP contribution in [0.15, 0.2) is 17.0 Å². The normalized spacial score (nSPS) is 17.9. The number of benzene rings is 1. The zero-order valence-corrected chi connectivity index (χ0v) is 13.2. The monoisotopic (exact) mass is 339 g/mol. The van der Waals surface area contributed by atoms with Crippen molar-refractivity contribution in [2.75, 3.05) is 13.1 Å². The van der Waals surface area contributed by atoms with Crippen molar-refractivity contribution >= 4 is 33.2 Å². The maximum atomic E-state index is 14.3. The van der Waals surface area contributed by atoms with Crippen LogP contribution in [0.4, 0.5) is 4.39 Å². The zero-order valence-electron chi connectivity index (χ0n) is 10.9. The Kier molecular flexibility index (Phi) is 5.29. The van der Waals surface area contributed by atoms with Gasteiger partial charge < -0.3 is 0 Å². The molecular formula is C13H16Cl2FNO2S. The standard InChI is InChI=1S/C13H16Cl2FNO2S/c14-9-10-7-11(15)8-12(13(10)16)20(18,19)17-5-3-1-2-4-6-17/h7-8H,1-6,9H2. The molecule has 7 heteroatoms. The molecule has 0 aromatic heterocycles. The van der Waals surface area contributed by atoms with E-state index >= 15 is 0 Å². The van der Waals surface area contributed by atoms with Gasteiger partial charge in [0.25, 0.3) is 0 Å². The highest BCUT2D eigenvalue weighted by Crippen LogP contribution is 2.28. The maximum Gasteiger partial charge on any atom is 0.246 e. The summed E-state index contributed by atoms with van der Waals surface area (Å²) >= 11 is 11.5. The second kappa shape index (κ2) is 6.60. The Morgan fingerprint density at radius 1 is 1.15 bits per heavy atom. The molecule has 0 atom stereocenters. The van der Waals surface area contributed by atoms with Crippen molar-refractivity contribution in [1.29, 1.82) is 0 Å². The smallest absolute Gasteiger partial charge is 0.207 e. The van der Waals surface area contributed by atoms with E-state index in [4.69, 9.17) is 23.2 Å².